The lowest BCUT2D eigenvalue weighted by atomic mass is 9.84. The molecule has 17 heavy (non-hydrogen) atoms. The minimum Gasteiger partial charge on any atom is -0.478 e. The number of carbonyl (C=O) groups is 2. The molecule has 4 nitrogen and oxygen atoms in total. The van der Waals surface area contributed by atoms with Gasteiger partial charge in [-0.3, -0.25) is 0 Å². The molecule has 0 spiro atoms. The fourth-order valence-electron chi connectivity index (χ4n) is 1.12. The average Bonchev–Trinajstić information content (AvgIpc) is 2.22. The minimum absolute atomic E-state index is 0.145. The minimum atomic E-state index is -0.918. The number of hydrogen-bond acceptors (Lipinski definition) is 2. The number of aliphatic carboxylic acids is 2. The standard InChI is InChI=1S/C13H20O4/c1-9(11(14)15)5-7-13(3,4)8-6-10(2)12(16)17/h5-6H,7-8H2,1-4H3,(H,14,15)(H,16,17)/b9-5+,10-6+. The summed E-state index contributed by atoms with van der Waals surface area (Å²) in [5.41, 5.74) is 0.488. The van der Waals surface area contributed by atoms with Crippen molar-refractivity contribution in [2.24, 2.45) is 5.41 Å². The highest BCUT2D eigenvalue weighted by Crippen LogP contribution is 2.27. The lowest BCUT2D eigenvalue weighted by molar-refractivity contribution is -0.133. The van der Waals surface area contributed by atoms with E-state index in [2.05, 4.69) is 0 Å². The van der Waals surface area contributed by atoms with Crippen molar-refractivity contribution < 1.29 is 19.8 Å². The van der Waals surface area contributed by atoms with Crippen LogP contribution in [0.1, 0.15) is 40.5 Å². The molecule has 0 radical (unpaired) electrons. The van der Waals surface area contributed by atoms with Crippen LogP contribution in [-0.2, 0) is 9.59 Å². The molecule has 0 fully saturated rings. The molecule has 2 N–H and O–H groups in total. The molecule has 4 heteroatoms. The molecule has 96 valence electrons. The molecule has 0 bridgehead atoms. The molecule has 0 aliphatic rings. The van der Waals surface area contributed by atoms with E-state index < -0.39 is 11.9 Å². The molecule has 0 rings (SSSR count). The fraction of sp³-hybridized carbons (Fsp3) is 0.538. The van der Waals surface area contributed by atoms with Gasteiger partial charge < -0.3 is 10.2 Å². The number of allylic oxidation sites excluding steroid dienone is 2. The summed E-state index contributed by atoms with van der Waals surface area (Å²) < 4.78 is 0. The zero-order valence-electron chi connectivity index (χ0n) is 10.8. The molecule has 0 unspecified atom stereocenters. The summed E-state index contributed by atoms with van der Waals surface area (Å²) in [7, 11) is 0. The summed E-state index contributed by atoms with van der Waals surface area (Å²) in [6.07, 6.45) is 4.56. The van der Waals surface area contributed by atoms with Crippen molar-refractivity contribution in [1.82, 2.24) is 0 Å². The van der Waals surface area contributed by atoms with Gasteiger partial charge in [0, 0.05) is 11.1 Å². The first-order valence-corrected chi connectivity index (χ1v) is 5.46. The second kappa shape index (κ2) is 6.23. The van der Waals surface area contributed by atoms with Crippen molar-refractivity contribution in [2.75, 3.05) is 0 Å². The summed E-state index contributed by atoms with van der Waals surface area (Å²) in [6, 6.07) is 0. The van der Waals surface area contributed by atoms with Gasteiger partial charge in [0.15, 0.2) is 0 Å². The molecule has 0 aliphatic carbocycles. The lowest BCUT2D eigenvalue weighted by Gasteiger charge is -2.21. The highest BCUT2D eigenvalue weighted by molar-refractivity contribution is 5.86. The smallest absolute Gasteiger partial charge is 0.330 e. The molecule has 0 saturated heterocycles. The van der Waals surface area contributed by atoms with E-state index in [4.69, 9.17) is 10.2 Å². The Bertz CT molecular complexity index is 328. The van der Waals surface area contributed by atoms with E-state index >= 15 is 0 Å². The third-order valence-corrected chi connectivity index (χ3v) is 2.60. The number of carboxylic acids is 2. The third-order valence-electron chi connectivity index (χ3n) is 2.60. The van der Waals surface area contributed by atoms with Gasteiger partial charge in [-0.25, -0.2) is 9.59 Å². The van der Waals surface area contributed by atoms with Gasteiger partial charge in [0.2, 0.25) is 0 Å². The molecule has 0 aromatic carbocycles. The number of rotatable bonds is 6. The third kappa shape index (κ3) is 6.56. The van der Waals surface area contributed by atoms with E-state index in [0.29, 0.717) is 24.0 Å². The van der Waals surface area contributed by atoms with Crippen molar-refractivity contribution in [3.05, 3.63) is 23.3 Å². The van der Waals surface area contributed by atoms with E-state index in [1.165, 1.54) is 0 Å². The van der Waals surface area contributed by atoms with Crippen LogP contribution in [0.3, 0.4) is 0 Å². The second-order valence-corrected chi connectivity index (χ2v) is 4.96. The number of carboxylic acid groups (broad SMARTS) is 2. The summed E-state index contributed by atoms with van der Waals surface area (Å²) in [5.74, 6) is -1.84. The molecule has 0 atom stereocenters. The summed E-state index contributed by atoms with van der Waals surface area (Å²) in [6.45, 7) is 7.06. The molecule has 0 heterocycles. The first-order chi connectivity index (χ1) is 7.65. The highest BCUT2D eigenvalue weighted by Gasteiger charge is 2.16. The van der Waals surface area contributed by atoms with Crippen LogP contribution in [0.4, 0.5) is 0 Å². The van der Waals surface area contributed by atoms with Crippen LogP contribution >= 0.6 is 0 Å². The Kier molecular flexibility index (Phi) is 5.65. The summed E-state index contributed by atoms with van der Waals surface area (Å²) in [5, 5.41) is 17.4. The molecule has 0 aromatic rings. The van der Waals surface area contributed by atoms with Crippen LogP contribution in [0, 0.1) is 5.41 Å². The van der Waals surface area contributed by atoms with Crippen molar-refractivity contribution in [2.45, 2.75) is 40.5 Å². The zero-order valence-corrected chi connectivity index (χ0v) is 10.8. The molecular weight excluding hydrogens is 220 g/mol. The summed E-state index contributed by atoms with van der Waals surface area (Å²) >= 11 is 0. The van der Waals surface area contributed by atoms with E-state index in [1.807, 2.05) is 13.8 Å². The van der Waals surface area contributed by atoms with Crippen LogP contribution in [0.15, 0.2) is 23.3 Å². The van der Waals surface area contributed by atoms with Gasteiger partial charge in [-0.15, -0.1) is 0 Å². The summed E-state index contributed by atoms with van der Waals surface area (Å²) in [4.78, 5) is 21.2. The van der Waals surface area contributed by atoms with Crippen molar-refractivity contribution >= 4 is 11.9 Å². The largest absolute Gasteiger partial charge is 0.478 e. The van der Waals surface area contributed by atoms with E-state index in [0.717, 1.165) is 0 Å². The first-order valence-electron chi connectivity index (χ1n) is 5.46. The Labute approximate surface area is 102 Å². The maximum atomic E-state index is 10.6. The molecule has 0 saturated carbocycles. The normalized spacial score (nSPS) is 13.6. The quantitative estimate of drug-likeness (QED) is 0.700. The molecular formula is C13H20O4. The van der Waals surface area contributed by atoms with Gasteiger partial charge in [-0.2, -0.15) is 0 Å². The Morgan fingerprint density at radius 3 is 1.47 bits per heavy atom. The van der Waals surface area contributed by atoms with Crippen molar-refractivity contribution in [1.29, 1.82) is 0 Å². The SMILES string of the molecule is C/C(=C\CC(C)(C)C/C=C(\C)C(=O)O)C(=O)O. The topological polar surface area (TPSA) is 74.6 Å². The van der Waals surface area contributed by atoms with Gasteiger partial charge in [0.1, 0.15) is 0 Å². The first kappa shape index (κ1) is 15.4. The van der Waals surface area contributed by atoms with Gasteiger partial charge in [-0.1, -0.05) is 26.0 Å². The van der Waals surface area contributed by atoms with Crippen LogP contribution in [0.5, 0.6) is 0 Å². The van der Waals surface area contributed by atoms with Gasteiger partial charge in [0.05, 0.1) is 0 Å². The predicted octanol–water partition coefficient (Wildman–Crippen LogP) is 2.85. The molecule has 0 amide bonds. The van der Waals surface area contributed by atoms with Crippen LogP contribution in [0.25, 0.3) is 0 Å². The maximum Gasteiger partial charge on any atom is 0.330 e. The zero-order chi connectivity index (χ0) is 13.6. The van der Waals surface area contributed by atoms with E-state index in [-0.39, 0.29) is 5.41 Å². The molecule has 0 aromatic heterocycles. The Morgan fingerprint density at radius 1 is 0.941 bits per heavy atom. The Hall–Kier alpha value is -1.58. The van der Waals surface area contributed by atoms with E-state index in [9.17, 15) is 9.59 Å². The fourth-order valence-corrected chi connectivity index (χ4v) is 1.12. The Balaban J connectivity index is 4.50. The van der Waals surface area contributed by atoms with Crippen LogP contribution in [-0.4, -0.2) is 22.2 Å². The van der Waals surface area contributed by atoms with Gasteiger partial charge in [0.25, 0.3) is 0 Å². The van der Waals surface area contributed by atoms with Gasteiger partial charge in [-0.05, 0) is 32.1 Å². The van der Waals surface area contributed by atoms with Crippen molar-refractivity contribution in [3.8, 4) is 0 Å². The van der Waals surface area contributed by atoms with Crippen LogP contribution in [0.2, 0.25) is 0 Å². The predicted molar refractivity (Wildman–Crippen MR) is 65.8 cm³/mol. The monoisotopic (exact) mass is 240 g/mol. The Morgan fingerprint density at radius 2 is 1.24 bits per heavy atom. The van der Waals surface area contributed by atoms with Crippen LogP contribution < -0.4 is 0 Å². The van der Waals surface area contributed by atoms with Gasteiger partial charge >= 0.3 is 11.9 Å². The second-order valence-electron chi connectivity index (χ2n) is 4.96. The maximum absolute atomic E-state index is 10.6. The lowest BCUT2D eigenvalue weighted by Crippen LogP contribution is -2.10. The average molecular weight is 240 g/mol. The van der Waals surface area contributed by atoms with Crippen molar-refractivity contribution in [3.63, 3.8) is 0 Å². The van der Waals surface area contributed by atoms with E-state index in [1.54, 1.807) is 26.0 Å². The number of hydrogen-bond donors (Lipinski definition) is 2. The highest BCUT2D eigenvalue weighted by atomic mass is 16.4. The molecule has 0 aliphatic heterocycles.